The zero-order valence-corrected chi connectivity index (χ0v) is 8.57. The Morgan fingerprint density at radius 1 is 1.33 bits per heavy atom. The minimum atomic E-state index is -0.182. The predicted octanol–water partition coefficient (Wildman–Crippen LogP) is -0.138. The number of amides is 1. The Bertz CT molecular complexity index is 282. The van der Waals surface area contributed by atoms with E-state index in [9.17, 15) is 4.79 Å². The van der Waals surface area contributed by atoms with Crippen LogP contribution in [0.15, 0.2) is 0 Å². The number of nitrogens with zero attached hydrogens (tertiary/aromatic N) is 3. The number of nitrogens with one attached hydrogen (secondary N) is 1. The molecule has 0 aromatic heterocycles. The molecule has 15 heavy (non-hydrogen) atoms. The molecule has 0 bridgehead atoms. The number of hydrogen-bond donors (Lipinski definition) is 1. The highest BCUT2D eigenvalue weighted by atomic mass is 16.2. The molecule has 0 spiro atoms. The van der Waals surface area contributed by atoms with Crippen LogP contribution in [0.1, 0.15) is 12.8 Å². The van der Waals surface area contributed by atoms with Gasteiger partial charge in [0.2, 0.25) is 5.91 Å². The van der Waals surface area contributed by atoms with Crippen molar-refractivity contribution in [2.45, 2.75) is 12.8 Å². The van der Waals surface area contributed by atoms with E-state index in [0.29, 0.717) is 0 Å². The Morgan fingerprint density at radius 3 is 2.40 bits per heavy atom. The Morgan fingerprint density at radius 2 is 1.93 bits per heavy atom. The molecule has 1 aliphatic carbocycles. The second-order valence-electron chi connectivity index (χ2n) is 3.64. The van der Waals surface area contributed by atoms with Gasteiger partial charge in [0.25, 0.3) is 0 Å². The molecule has 1 N–H and O–H groups in total. The number of hydrogen-bond acceptors (Lipinski definition) is 4. The number of nitriles is 2. The lowest BCUT2D eigenvalue weighted by Gasteiger charge is -2.15. The smallest absolute Gasteiger partial charge is 0.238 e. The molecule has 0 unspecified atom stereocenters. The molecular formula is C10H14N4O. The second kappa shape index (κ2) is 6.00. The van der Waals surface area contributed by atoms with Crippen molar-refractivity contribution in [3.63, 3.8) is 0 Å². The van der Waals surface area contributed by atoms with Crippen molar-refractivity contribution in [3.05, 3.63) is 0 Å². The maximum Gasteiger partial charge on any atom is 0.238 e. The first-order valence-corrected chi connectivity index (χ1v) is 5.00. The second-order valence-corrected chi connectivity index (χ2v) is 3.64. The van der Waals surface area contributed by atoms with Gasteiger partial charge in [-0.1, -0.05) is 0 Å². The molecule has 0 atom stereocenters. The summed E-state index contributed by atoms with van der Waals surface area (Å²) in [5.41, 5.74) is 0. The van der Waals surface area contributed by atoms with Crippen LogP contribution in [-0.4, -0.2) is 37.0 Å². The van der Waals surface area contributed by atoms with E-state index in [1.54, 1.807) is 0 Å². The van der Waals surface area contributed by atoms with Gasteiger partial charge in [-0.2, -0.15) is 10.5 Å². The molecule has 1 rings (SSSR count). The van der Waals surface area contributed by atoms with Crippen LogP contribution in [0.5, 0.6) is 0 Å². The summed E-state index contributed by atoms with van der Waals surface area (Å²) in [6.45, 7) is 1.05. The average Bonchev–Trinajstić information content (AvgIpc) is 3.01. The van der Waals surface area contributed by atoms with Gasteiger partial charge in [0.05, 0.1) is 18.7 Å². The molecule has 0 aromatic carbocycles. The molecule has 1 aliphatic rings. The molecular weight excluding hydrogens is 192 g/mol. The van der Waals surface area contributed by atoms with Crippen molar-refractivity contribution in [2.75, 3.05) is 26.2 Å². The molecule has 5 heteroatoms. The van der Waals surface area contributed by atoms with E-state index in [1.807, 2.05) is 12.1 Å². The zero-order valence-electron chi connectivity index (χ0n) is 8.57. The van der Waals surface area contributed by atoms with Crippen LogP contribution >= 0.6 is 0 Å². The fourth-order valence-electron chi connectivity index (χ4n) is 1.22. The highest BCUT2D eigenvalue weighted by molar-refractivity contribution is 5.78. The Hall–Kier alpha value is -1.59. The summed E-state index contributed by atoms with van der Waals surface area (Å²) in [6.07, 6.45) is 2.47. The molecule has 0 radical (unpaired) electrons. The van der Waals surface area contributed by atoms with E-state index < -0.39 is 0 Å². The van der Waals surface area contributed by atoms with Gasteiger partial charge in [-0.3, -0.25) is 4.79 Å². The molecule has 0 saturated heterocycles. The van der Waals surface area contributed by atoms with E-state index in [1.165, 1.54) is 17.7 Å². The summed E-state index contributed by atoms with van der Waals surface area (Å²) >= 11 is 0. The average molecular weight is 206 g/mol. The van der Waals surface area contributed by atoms with Crippen molar-refractivity contribution in [2.24, 2.45) is 5.92 Å². The first-order valence-electron chi connectivity index (χ1n) is 5.00. The lowest BCUT2D eigenvalue weighted by molar-refractivity contribution is -0.129. The fourth-order valence-corrected chi connectivity index (χ4v) is 1.22. The largest absolute Gasteiger partial charge is 0.315 e. The zero-order chi connectivity index (χ0) is 11.1. The SMILES string of the molecule is N#CCN(CC#N)C(=O)CNCC1CC1. The van der Waals surface area contributed by atoms with E-state index in [-0.39, 0.29) is 25.5 Å². The summed E-state index contributed by atoms with van der Waals surface area (Å²) < 4.78 is 0. The van der Waals surface area contributed by atoms with Gasteiger partial charge >= 0.3 is 0 Å². The van der Waals surface area contributed by atoms with Crippen LogP contribution < -0.4 is 5.32 Å². The molecule has 0 heterocycles. The first-order chi connectivity index (χ1) is 7.27. The third kappa shape index (κ3) is 4.44. The van der Waals surface area contributed by atoms with Gasteiger partial charge in [-0.05, 0) is 25.3 Å². The minimum Gasteiger partial charge on any atom is -0.315 e. The fraction of sp³-hybridized carbons (Fsp3) is 0.700. The van der Waals surface area contributed by atoms with Gasteiger partial charge < -0.3 is 10.2 Å². The van der Waals surface area contributed by atoms with Crippen molar-refractivity contribution < 1.29 is 4.79 Å². The van der Waals surface area contributed by atoms with Gasteiger partial charge in [0.1, 0.15) is 13.1 Å². The van der Waals surface area contributed by atoms with Gasteiger partial charge in [0, 0.05) is 0 Å². The lowest BCUT2D eigenvalue weighted by Crippen LogP contribution is -2.39. The summed E-state index contributed by atoms with van der Waals surface area (Å²) in [7, 11) is 0. The molecule has 1 fully saturated rings. The number of rotatable bonds is 6. The first kappa shape index (κ1) is 11.5. The third-order valence-corrected chi connectivity index (χ3v) is 2.28. The van der Waals surface area contributed by atoms with Crippen molar-refractivity contribution in [1.29, 1.82) is 10.5 Å². The standard InChI is InChI=1S/C10H14N4O/c11-3-5-14(6-4-12)10(15)8-13-7-9-1-2-9/h9,13H,1-2,5-8H2. The monoisotopic (exact) mass is 206 g/mol. The van der Waals surface area contributed by atoms with Crippen LogP contribution in [0.25, 0.3) is 0 Å². The lowest BCUT2D eigenvalue weighted by atomic mass is 10.4. The summed E-state index contributed by atoms with van der Waals surface area (Å²) in [6, 6.07) is 3.74. The topological polar surface area (TPSA) is 79.9 Å². The van der Waals surface area contributed by atoms with Crippen molar-refractivity contribution >= 4 is 5.91 Å². The Balaban J connectivity index is 2.21. The van der Waals surface area contributed by atoms with Crippen LogP contribution in [-0.2, 0) is 4.79 Å². The molecule has 0 aromatic rings. The maximum atomic E-state index is 11.5. The normalized spacial score (nSPS) is 14.0. The third-order valence-electron chi connectivity index (χ3n) is 2.28. The number of carbonyl (C=O) groups is 1. The molecule has 1 saturated carbocycles. The van der Waals surface area contributed by atoms with Crippen molar-refractivity contribution in [3.8, 4) is 12.1 Å². The maximum absolute atomic E-state index is 11.5. The number of carbonyl (C=O) groups excluding carboxylic acids is 1. The van der Waals surface area contributed by atoms with Crippen LogP contribution in [0.2, 0.25) is 0 Å². The summed E-state index contributed by atoms with van der Waals surface area (Å²) in [5, 5.41) is 20.0. The van der Waals surface area contributed by atoms with E-state index in [2.05, 4.69) is 5.32 Å². The van der Waals surface area contributed by atoms with Crippen LogP contribution in [0.4, 0.5) is 0 Å². The molecule has 80 valence electrons. The van der Waals surface area contributed by atoms with E-state index >= 15 is 0 Å². The van der Waals surface area contributed by atoms with Gasteiger partial charge in [-0.15, -0.1) is 0 Å². The molecule has 0 aliphatic heterocycles. The molecule has 1 amide bonds. The van der Waals surface area contributed by atoms with E-state index in [4.69, 9.17) is 10.5 Å². The summed E-state index contributed by atoms with van der Waals surface area (Å²) in [5.74, 6) is 0.539. The minimum absolute atomic E-state index is 0.0164. The highest BCUT2D eigenvalue weighted by Gasteiger charge is 2.21. The Kier molecular flexibility index (Phi) is 4.59. The van der Waals surface area contributed by atoms with Gasteiger partial charge in [0.15, 0.2) is 0 Å². The molecule has 5 nitrogen and oxygen atoms in total. The van der Waals surface area contributed by atoms with Crippen LogP contribution in [0.3, 0.4) is 0 Å². The van der Waals surface area contributed by atoms with Crippen LogP contribution in [0, 0.1) is 28.6 Å². The van der Waals surface area contributed by atoms with Gasteiger partial charge in [-0.25, -0.2) is 0 Å². The summed E-state index contributed by atoms with van der Waals surface area (Å²) in [4.78, 5) is 12.7. The van der Waals surface area contributed by atoms with E-state index in [0.717, 1.165) is 12.5 Å². The highest BCUT2D eigenvalue weighted by Crippen LogP contribution is 2.27. The predicted molar refractivity (Wildman–Crippen MR) is 53.4 cm³/mol. The Labute approximate surface area is 89.3 Å². The quantitative estimate of drug-likeness (QED) is 0.613. The van der Waals surface area contributed by atoms with Crippen molar-refractivity contribution in [1.82, 2.24) is 10.2 Å².